The molecule has 0 fully saturated rings. The number of nitrogens with one attached hydrogen (secondary N) is 2. The molecule has 252 valence electrons. The van der Waals surface area contributed by atoms with Gasteiger partial charge in [0.05, 0.1) is 17.3 Å². The molecule has 5 aromatic rings. The molecule has 0 saturated heterocycles. The molecule has 1 aliphatic heterocycles. The van der Waals surface area contributed by atoms with Crippen molar-refractivity contribution < 1.29 is 27.8 Å². The molecule has 2 atom stereocenters. The van der Waals surface area contributed by atoms with Gasteiger partial charge in [-0.15, -0.1) is 0 Å². The molecule has 49 heavy (non-hydrogen) atoms. The average Bonchev–Trinajstić information content (AvgIpc) is 3.52. The van der Waals surface area contributed by atoms with Crippen LogP contribution in [-0.2, 0) is 25.9 Å². The van der Waals surface area contributed by atoms with Crippen molar-refractivity contribution in [1.29, 1.82) is 0 Å². The van der Waals surface area contributed by atoms with Crippen LogP contribution in [0, 0.1) is 0 Å². The van der Waals surface area contributed by atoms with Crippen molar-refractivity contribution in [3.8, 4) is 5.75 Å². The number of fused-ring (bicyclic) bond motifs is 1. The normalized spacial score (nSPS) is 17.3. The van der Waals surface area contributed by atoms with Crippen LogP contribution in [0.2, 0.25) is 0 Å². The number of sulfone groups is 1. The third-order valence-electron chi connectivity index (χ3n) is 8.43. The number of hydrogen-bond donors (Lipinski definition) is 3. The molecular formula is C38H36BrN3O6S. The van der Waals surface area contributed by atoms with Crippen molar-refractivity contribution in [2.24, 2.45) is 4.99 Å². The van der Waals surface area contributed by atoms with Crippen LogP contribution in [0.1, 0.15) is 35.6 Å². The van der Waals surface area contributed by atoms with E-state index in [1.54, 1.807) is 54.6 Å². The second kappa shape index (κ2) is 15.3. The lowest BCUT2D eigenvalue weighted by Gasteiger charge is -2.31. The lowest BCUT2D eigenvalue weighted by atomic mass is 9.85. The Morgan fingerprint density at radius 3 is 2.39 bits per heavy atom. The van der Waals surface area contributed by atoms with E-state index in [-0.39, 0.29) is 29.6 Å². The molecule has 0 radical (unpaired) electrons. The number of benzene rings is 5. The lowest BCUT2D eigenvalue weighted by molar-refractivity contribution is -0.130. The summed E-state index contributed by atoms with van der Waals surface area (Å²) in [7, 11) is -3.79. The van der Waals surface area contributed by atoms with E-state index in [4.69, 9.17) is 19.6 Å². The van der Waals surface area contributed by atoms with Gasteiger partial charge in [0, 0.05) is 41.6 Å². The van der Waals surface area contributed by atoms with Gasteiger partial charge in [-0.2, -0.15) is 0 Å². The number of aliphatic hydroxyl groups excluding tert-OH is 1. The summed E-state index contributed by atoms with van der Waals surface area (Å²) in [5.74, 6) is -0.0830. The number of carbonyl (C=O) groups excluding carboxylic acids is 1. The molecule has 0 bridgehead atoms. The predicted molar refractivity (Wildman–Crippen MR) is 193 cm³/mol. The molecule has 0 aliphatic carbocycles. The van der Waals surface area contributed by atoms with Crippen LogP contribution in [0.25, 0.3) is 10.8 Å². The molecule has 1 heterocycles. The molecule has 0 unspecified atom stereocenters. The first kappa shape index (κ1) is 34.3. The number of halogens is 1. The molecule has 0 saturated carbocycles. The van der Waals surface area contributed by atoms with Crippen LogP contribution in [0.3, 0.4) is 0 Å². The number of amides is 1. The van der Waals surface area contributed by atoms with Gasteiger partial charge in [0.1, 0.15) is 5.75 Å². The first-order valence-corrected chi connectivity index (χ1v) is 18.4. The fourth-order valence-electron chi connectivity index (χ4n) is 5.85. The van der Waals surface area contributed by atoms with Gasteiger partial charge < -0.3 is 14.6 Å². The summed E-state index contributed by atoms with van der Waals surface area (Å²) in [6.45, 7) is 0.711. The number of aliphatic hydroxyl groups is 1. The standard InChI is InChI=1S/C38H36BrN3O6S/c39-34-17-7-6-16-33(34)35-38(22-25-49(45,46)31-13-2-1-3-14-31,41-36(48-35)28-18-20-30(21-19-28)47-24-9-23-43)37(44)42-40-26-29-12-8-11-27-10-4-5-15-32(27)29/h1-8,10-21,35,40,43H,9,22-26H2,(H,42,44)/t35-,38-/m0/s1. The highest BCUT2D eigenvalue weighted by Crippen LogP contribution is 2.45. The minimum atomic E-state index is -3.79. The SMILES string of the molecule is O=C(NNCc1cccc2ccccc12)[C@@]1(CCS(=O)(=O)c2ccccc2)N=C(c2ccc(OCCCO)cc2)O[C@H]1c1ccccc1Br. The summed E-state index contributed by atoms with van der Waals surface area (Å²) in [5, 5.41) is 11.2. The van der Waals surface area contributed by atoms with Crippen molar-refractivity contribution in [3.63, 3.8) is 0 Å². The van der Waals surface area contributed by atoms with E-state index in [2.05, 4.69) is 26.8 Å². The number of ether oxygens (including phenoxy) is 2. The second-order valence-electron chi connectivity index (χ2n) is 11.6. The summed E-state index contributed by atoms with van der Waals surface area (Å²) in [6, 6.07) is 36.6. The van der Waals surface area contributed by atoms with E-state index < -0.39 is 27.4 Å². The first-order chi connectivity index (χ1) is 23.8. The van der Waals surface area contributed by atoms with E-state index in [0.29, 0.717) is 40.9 Å². The molecule has 11 heteroatoms. The van der Waals surface area contributed by atoms with Crippen LogP contribution in [0.5, 0.6) is 5.75 Å². The number of nitrogens with zero attached hydrogens (tertiary/aromatic N) is 1. The fourth-order valence-corrected chi connectivity index (χ4v) is 7.73. The van der Waals surface area contributed by atoms with Gasteiger partial charge in [0.25, 0.3) is 5.91 Å². The Labute approximate surface area is 294 Å². The van der Waals surface area contributed by atoms with Crippen LogP contribution in [-0.4, -0.2) is 49.8 Å². The third kappa shape index (κ3) is 7.70. The maximum absolute atomic E-state index is 14.5. The minimum absolute atomic E-state index is 0.0279. The molecule has 0 spiro atoms. The Balaban J connectivity index is 1.36. The highest BCUT2D eigenvalue weighted by Gasteiger charge is 2.54. The van der Waals surface area contributed by atoms with Gasteiger partial charge in [-0.3, -0.25) is 10.2 Å². The van der Waals surface area contributed by atoms with Crippen LogP contribution >= 0.6 is 15.9 Å². The number of rotatable bonds is 14. The molecule has 6 rings (SSSR count). The van der Waals surface area contributed by atoms with Crippen molar-refractivity contribution >= 4 is 48.3 Å². The Bertz CT molecular complexity index is 2050. The van der Waals surface area contributed by atoms with Crippen molar-refractivity contribution in [2.45, 2.75) is 35.9 Å². The lowest BCUT2D eigenvalue weighted by Crippen LogP contribution is -2.53. The Kier molecular flexibility index (Phi) is 10.7. The first-order valence-electron chi connectivity index (χ1n) is 15.9. The molecular weight excluding hydrogens is 706 g/mol. The van der Waals surface area contributed by atoms with Crippen molar-refractivity contribution in [1.82, 2.24) is 10.9 Å². The van der Waals surface area contributed by atoms with Gasteiger partial charge >= 0.3 is 0 Å². The fraction of sp³-hybridized carbons (Fsp3) is 0.211. The van der Waals surface area contributed by atoms with Crippen molar-refractivity contribution in [3.05, 3.63) is 142 Å². The molecule has 5 aromatic carbocycles. The minimum Gasteiger partial charge on any atom is -0.494 e. The maximum atomic E-state index is 14.5. The van der Waals surface area contributed by atoms with E-state index in [1.165, 1.54) is 0 Å². The third-order valence-corrected chi connectivity index (χ3v) is 10.9. The zero-order chi connectivity index (χ0) is 34.3. The second-order valence-corrected chi connectivity index (χ2v) is 14.6. The molecule has 3 N–H and O–H groups in total. The summed E-state index contributed by atoms with van der Waals surface area (Å²) < 4.78 is 40.1. The predicted octanol–water partition coefficient (Wildman–Crippen LogP) is 6.31. The number of aliphatic imine (C=N–C) groups is 1. The van der Waals surface area contributed by atoms with Gasteiger partial charge in [-0.25, -0.2) is 18.8 Å². The van der Waals surface area contributed by atoms with Crippen LogP contribution in [0.4, 0.5) is 0 Å². The summed E-state index contributed by atoms with van der Waals surface area (Å²) in [6.07, 6.45) is -0.628. The molecule has 1 amide bonds. The summed E-state index contributed by atoms with van der Waals surface area (Å²) >= 11 is 3.63. The number of carbonyl (C=O) groups is 1. The Morgan fingerprint density at radius 2 is 1.61 bits per heavy atom. The average molecular weight is 743 g/mol. The summed E-state index contributed by atoms with van der Waals surface area (Å²) in [4.78, 5) is 19.6. The van der Waals surface area contributed by atoms with Gasteiger partial charge in [-0.1, -0.05) is 94.8 Å². The topological polar surface area (TPSA) is 126 Å². The Morgan fingerprint density at radius 1 is 0.898 bits per heavy atom. The van der Waals surface area contributed by atoms with Gasteiger partial charge in [0.2, 0.25) is 5.90 Å². The highest BCUT2D eigenvalue weighted by atomic mass is 79.9. The van der Waals surface area contributed by atoms with Crippen molar-refractivity contribution in [2.75, 3.05) is 19.0 Å². The summed E-state index contributed by atoms with van der Waals surface area (Å²) in [5.41, 5.74) is 6.48. The van der Waals surface area contributed by atoms with E-state index in [0.717, 1.165) is 16.3 Å². The van der Waals surface area contributed by atoms with Crippen LogP contribution < -0.4 is 15.6 Å². The number of hydrazine groups is 1. The van der Waals surface area contributed by atoms with Gasteiger partial charge in [0.15, 0.2) is 21.5 Å². The monoisotopic (exact) mass is 741 g/mol. The van der Waals surface area contributed by atoms with Crippen LogP contribution in [0.15, 0.2) is 136 Å². The number of hydrogen-bond acceptors (Lipinski definition) is 8. The zero-order valence-corrected chi connectivity index (χ0v) is 29.0. The molecule has 1 aliphatic rings. The van der Waals surface area contributed by atoms with E-state index in [9.17, 15) is 13.2 Å². The largest absolute Gasteiger partial charge is 0.494 e. The maximum Gasteiger partial charge on any atom is 0.266 e. The van der Waals surface area contributed by atoms with E-state index in [1.807, 2.05) is 66.7 Å². The zero-order valence-electron chi connectivity index (χ0n) is 26.6. The Hall–Kier alpha value is -4.55. The van der Waals surface area contributed by atoms with Gasteiger partial charge in [-0.05, 0) is 58.8 Å². The molecule has 0 aromatic heterocycles. The quantitative estimate of drug-likeness (QED) is 0.0901. The van der Waals surface area contributed by atoms with E-state index >= 15 is 0 Å². The highest BCUT2D eigenvalue weighted by molar-refractivity contribution is 9.10. The molecule has 9 nitrogen and oxygen atoms in total. The smallest absolute Gasteiger partial charge is 0.266 e.